The van der Waals surface area contributed by atoms with Crippen molar-refractivity contribution in [2.24, 2.45) is 0 Å². The van der Waals surface area contributed by atoms with Crippen LogP contribution < -0.4 is 5.32 Å². The highest BCUT2D eigenvalue weighted by atomic mass is 32.2. The third-order valence-corrected chi connectivity index (χ3v) is 4.72. The lowest BCUT2D eigenvalue weighted by Crippen LogP contribution is -2.12. The highest BCUT2D eigenvalue weighted by molar-refractivity contribution is 7.99. The van der Waals surface area contributed by atoms with Gasteiger partial charge in [-0.2, -0.15) is 0 Å². The quantitative estimate of drug-likeness (QED) is 0.515. The Balaban J connectivity index is 1.65. The minimum absolute atomic E-state index is 0.255. The second-order valence-electron chi connectivity index (χ2n) is 6.08. The van der Waals surface area contributed by atoms with Crippen LogP contribution in [0.5, 0.6) is 0 Å². The van der Waals surface area contributed by atoms with Crippen LogP contribution in [-0.4, -0.2) is 29.0 Å². The number of amides is 1. The number of nitrogens with one attached hydrogen (secondary N) is 1. The number of ether oxygens (including phenoxy) is 1. The van der Waals surface area contributed by atoms with Crippen molar-refractivity contribution in [1.29, 1.82) is 0 Å². The van der Waals surface area contributed by atoms with E-state index in [0.717, 1.165) is 16.3 Å². The van der Waals surface area contributed by atoms with Gasteiger partial charge in [0.2, 0.25) is 0 Å². The molecule has 0 aliphatic heterocycles. The van der Waals surface area contributed by atoms with Crippen molar-refractivity contribution < 1.29 is 14.3 Å². The number of rotatable bonds is 5. The Morgan fingerprint density at radius 3 is 2.04 bits per heavy atom. The Labute approximate surface area is 167 Å². The fraction of sp³-hybridized carbons (Fsp3) is 0.143. The van der Waals surface area contributed by atoms with Crippen LogP contribution in [-0.2, 0) is 4.74 Å². The predicted octanol–water partition coefficient (Wildman–Crippen LogP) is 4.28. The number of nitrogens with zero attached hydrogens (tertiary/aromatic N) is 2. The number of methoxy groups -OCH3 is 1. The van der Waals surface area contributed by atoms with Crippen molar-refractivity contribution in [2.75, 3.05) is 12.4 Å². The molecule has 2 aromatic carbocycles. The summed E-state index contributed by atoms with van der Waals surface area (Å²) in [6.07, 6.45) is 0. The summed E-state index contributed by atoms with van der Waals surface area (Å²) in [7, 11) is 1.32. The number of carbonyl (C=O) groups is 2. The SMILES string of the molecule is COC(=O)c1ccc(C(=O)Nc2ccc(Sc3nc(C)cc(C)n3)cc2)cc1. The zero-order valence-corrected chi connectivity index (χ0v) is 16.5. The fourth-order valence-corrected chi connectivity index (χ4v) is 3.39. The summed E-state index contributed by atoms with van der Waals surface area (Å²) in [6.45, 7) is 3.88. The minimum atomic E-state index is -0.437. The molecule has 0 saturated carbocycles. The van der Waals surface area contributed by atoms with Gasteiger partial charge in [-0.05, 0) is 80.2 Å². The van der Waals surface area contributed by atoms with Crippen LogP contribution in [0.15, 0.2) is 64.6 Å². The highest BCUT2D eigenvalue weighted by Gasteiger charge is 2.10. The molecule has 0 radical (unpaired) electrons. The van der Waals surface area contributed by atoms with Crippen molar-refractivity contribution in [3.8, 4) is 0 Å². The lowest BCUT2D eigenvalue weighted by molar-refractivity contribution is 0.0600. The van der Waals surface area contributed by atoms with Crippen LogP contribution in [0.3, 0.4) is 0 Å². The molecule has 0 unspecified atom stereocenters. The van der Waals surface area contributed by atoms with Crippen molar-refractivity contribution in [3.63, 3.8) is 0 Å². The predicted molar refractivity (Wildman–Crippen MR) is 108 cm³/mol. The Hall–Kier alpha value is -3.19. The van der Waals surface area contributed by atoms with Gasteiger partial charge in [0, 0.05) is 27.5 Å². The molecule has 0 saturated heterocycles. The van der Waals surface area contributed by atoms with E-state index in [0.29, 0.717) is 22.0 Å². The maximum atomic E-state index is 12.4. The number of anilines is 1. The van der Waals surface area contributed by atoms with Crippen molar-refractivity contribution >= 4 is 29.3 Å². The molecule has 1 heterocycles. The van der Waals surface area contributed by atoms with E-state index in [1.54, 1.807) is 24.3 Å². The van der Waals surface area contributed by atoms with E-state index < -0.39 is 5.97 Å². The largest absolute Gasteiger partial charge is 0.465 e. The molecule has 0 atom stereocenters. The van der Waals surface area contributed by atoms with Crippen LogP contribution >= 0.6 is 11.8 Å². The number of aromatic nitrogens is 2. The molecule has 3 aromatic rings. The Bertz CT molecular complexity index is 982. The first-order valence-electron chi connectivity index (χ1n) is 8.54. The summed E-state index contributed by atoms with van der Waals surface area (Å²) < 4.78 is 4.65. The monoisotopic (exact) mass is 393 g/mol. The Kier molecular flexibility index (Phi) is 6.06. The van der Waals surface area contributed by atoms with E-state index in [1.165, 1.54) is 18.9 Å². The first kappa shape index (κ1) is 19.6. The van der Waals surface area contributed by atoms with Gasteiger partial charge in [0.25, 0.3) is 5.91 Å². The molecule has 0 aliphatic carbocycles. The van der Waals surface area contributed by atoms with Crippen molar-refractivity contribution in [1.82, 2.24) is 9.97 Å². The molecule has 0 fully saturated rings. The van der Waals surface area contributed by atoms with Gasteiger partial charge in [0.05, 0.1) is 12.7 Å². The van der Waals surface area contributed by atoms with Gasteiger partial charge in [-0.1, -0.05) is 0 Å². The number of carbonyl (C=O) groups excluding carboxylic acids is 2. The molecular formula is C21H19N3O3S. The maximum absolute atomic E-state index is 12.4. The topological polar surface area (TPSA) is 81.2 Å². The molecule has 1 amide bonds. The molecule has 6 nitrogen and oxygen atoms in total. The zero-order valence-electron chi connectivity index (χ0n) is 15.7. The van der Waals surface area contributed by atoms with Gasteiger partial charge < -0.3 is 10.1 Å². The van der Waals surface area contributed by atoms with Gasteiger partial charge >= 0.3 is 5.97 Å². The molecule has 0 aliphatic rings. The average Bonchev–Trinajstić information content (AvgIpc) is 2.68. The van der Waals surface area contributed by atoms with Crippen molar-refractivity contribution in [3.05, 3.63) is 77.1 Å². The molecule has 0 bridgehead atoms. The van der Waals surface area contributed by atoms with Gasteiger partial charge in [0.15, 0.2) is 5.16 Å². The zero-order chi connectivity index (χ0) is 20.1. The average molecular weight is 393 g/mol. The second kappa shape index (κ2) is 8.67. The van der Waals surface area contributed by atoms with Crippen LogP contribution in [0, 0.1) is 13.8 Å². The lowest BCUT2D eigenvalue weighted by Gasteiger charge is -2.07. The number of aryl methyl sites for hydroxylation is 2. The van der Waals surface area contributed by atoms with Crippen LogP contribution in [0.4, 0.5) is 5.69 Å². The summed E-state index contributed by atoms with van der Waals surface area (Å²) in [5, 5.41) is 3.53. The van der Waals surface area contributed by atoms with Crippen LogP contribution in [0.2, 0.25) is 0 Å². The third kappa shape index (κ3) is 4.95. The summed E-state index contributed by atoms with van der Waals surface area (Å²) >= 11 is 1.47. The number of hydrogen-bond acceptors (Lipinski definition) is 6. The molecule has 142 valence electrons. The van der Waals surface area contributed by atoms with Crippen molar-refractivity contribution in [2.45, 2.75) is 23.9 Å². The number of esters is 1. The molecule has 1 aromatic heterocycles. The smallest absolute Gasteiger partial charge is 0.337 e. The molecular weight excluding hydrogens is 374 g/mol. The summed E-state index contributed by atoms with van der Waals surface area (Å²) in [6, 6.07) is 15.7. The van der Waals surface area contributed by atoms with E-state index in [9.17, 15) is 9.59 Å². The van der Waals surface area contributed by atoms with Crippen LogP contribution in [0.1, 0.15) is 32.1 Å². The molecule has 28 heavy (non-hydrogen) atoms. The second-order valence-corrected chi connectivity index (χ2v) is 7.12. The molecule has 7 heteroatoms. The fourth-order valence-electron chi connectivity index (χ4n) is 2.53. The number of benzene rings is 2. The van der Waals surface area contributed by atoms with Gasteiger partial charge in [-0.15, -0.1) is 0 Å². The minimum Gasteiger partial charge on any atom is -0.465 e. The van der Waals surface area contributed by atoms with Gasteiger partial charge in [0.1, 0.15) is 0 Å². The molecule has 1 N–H and O–H groups in total. The first-order chi connectivity index (χ1) is 13.4. The van der Waals surface area contributed by atoms with E-state index in [1.807, 2.05) is 44.2 Å². The van der Waals surface area contributed by atoms with E-state index in [4.69, 9.17) is 0 Å². The first-order valence-corrected chi connectivity index (χ1v) is 9.36. The normalized spacial score (nSPS) is 10.4. The summed E-state index contributed by atoms with van der Waals surface area (Å²) in [5.41, 5.74) is 3.38. The molecule has 0 spiro atoms. The number of hydrogen-bond donors (Lipinski definition) is 1. The maximum Gasteiger partial charge on any atom is 0.337 e. The summed E-state index contributed by atoms with van der Waals surface area (Å²) in [4.78, 5) is 33.6. The van der Waals surface area contributed by atoms with E-state index in [-0.39, 0.29) is 5.91 Å². The standard InChI is InChI=1S/C21H19N3O3S/c1-13-12-14(2)23-21(22-13)28-18-10-8-17(9-11-18)24-19(25)15-4-6-16(7-5-15)20(26)27-3/h4-12H,1-3H3,(H,24,25). The Morgan fingerprint density at radius 1 is 0.893 bits per heavy atom. The van der Waals surface area contributed by atoms with E-state index in [2.05, 4.69) is 20.0 Å². The third-order valence-electron chi connectivity index (χ3n) is 3.85. The van der Waals surface area contributed by atoms with Crippen LogP contribution in [0.25, 0.3) is 0 Å². The summed E-state index contributed by atoms with van der Waals surface area (Å²) in [5.74, 6) is -0.692. The Morgan fingerprint density at radius 2 is 1.46 bits per heavy atom. The van der Waals surface area contributed by atoms with E-state index >= 15 is 0 Å². The molecule has 3 rings (SSSR count). The highest BCUT2D eigenvalue weighted by Crippen LogP contribution is 2.26. The van der Waals surface area contributed by atoms with Gasteiger partial charge in [-0.25, -0.2) is 14.8 Å². The lowest BCUT2D eigenvalue weighted by atomic mass is 10.1. The van der Waals surface area contributed by atoms with Gasteiger partial charge in [-0.3, -0.25) is 4.79 Å².